The van der Waals surface area contributed by atoms with E-state index in [1.54, 1.807) is 6.08 Å². The molecule has 0 radical (unpaired) electrons. The molecule has 4 aromatic rings. The molecule has 0 aliphatic heterocycles. The van der Waals surface area contributed by atoms with Gasteiger partial charge in [0.25, 0.3) is 5.56 Å². The Labute approximate surface area is 155 Å². The van der Waals surface area contributed by atoms with Gasteiger partial charge in [-0.25, -0.2) is 9.67 Å². The number of rotatable bonds is 3. The molecule has 6 heteroatoms. The lowest BCUT2D eigenvalue weighted by Gasteiger charge is -2.01. The first kappa shape index (κ1) is 16.6. The Morgan fingerprint density at radius 1 is 1.15 bits per heavy atom. The van der Waals surface area contributed by atoms with E-state index < -0.39 is 0 Å². The molecule has 6 nitrogen and oxygen atoms in total. The van der Waals surface area contributed by atoms with Gasteiger partial charge in [0, 0.05) is 5.69 Å². The molecular weight excluding hydrogens is 338 g/mol. The van der Waals surface area contributed by atoms with Crippen LogP contribution in [-0.4, -0.2) is 19.7 Å². The molecule has 0 spiro atoms. The van der Waals surface area contributed by atoms with Crippen molar-refractivity contribution in [3.05, 3.63) is 81.5 Å². The third-order valence-corrected chi connectivity index (χ3v) is 4.46. The maximum atomic E-state index is 12.9. The molecule has 0 aliphatic carbocycles. The van der Waals surface area contributed by atoms with Crippen LogP contribution in [0.2, 0.25) is 0 Å². The van der Waals surface area contributed by atoms with Gasteiger partial charge < -0.3 is 4.98 Å². The molecule has 0 unspecified atom stereocenters. The summed E-state index contributed by atoms with van der Waals surface area (Å²) in [4.78, 5) is 20.5. The molecule has 0 saturated heterocycles. The normalized spacial score (nSPS) is 11.7. The van der Waals surface area contributed by atoms with Gasteiger partial charge in [0.05, 0.1) is 27.9 Å². The summed E-state index contributed by atoms with van der Waals surface area (Å²) in [5.74, 6) is 0.445. The van der Waals surface area contributed by atoms with Crippen LogP contribution >= 0.6 is 0 Å². The number of hydrogen-bond acceptors (Lipinski definition) is 3. The van der Waals surface area contributed by atoms with E-state index in [-0.39, 0.29) is 5.56 Å². The van der Waals surface area contributed by atoms with Crippen LogP contribution < -0.4 is 5.56 Å². The van der Waals surface area contributed by atoms with Crippen molar-refractivity contribution in [1.29, 1.82) is 5.26 Å². The van der Waals surface area contributed by atoms with Gasteiger partial charge in [0.15, 0.2) is 0 Å². The van der Waals surface area contributed by atoms with Gasteiger partial charge in [-0.2, -0.15) is 5.26 Å². The number of aromatic amines is 2. The number of aryl methyl sites for hydroxylation is 2. The number of nitrogens with zero attached hydrogens (tertiary/aromatic N) is 3. The van der Waals surface area contributed by atoms with Gasteiger partial charge in [0.2, 0.25) is 0 Å². The summed E-state index contributed by atoms with van der Waals surface area (Å²) in [6.07, 6.45) is 1.58. The molecule has 2 aromatic carbocycles. The highest BCUT2D eigenvalue weighted by Crippen LogP contribution is 2.19. The Morgan fingerprint density at radius 2 is 1.89 bits per heavy atom. The van der Waals surface area contributed by atoms with Crippen LogP contribution in [0.25, 0.3) is 28.4 Å². The van der Waals surface area contributed by atoms with Crippen LogP contribution in [-0.2, 0) is 0 Å². The third kappa shape index (κ3) is 2.96. The second-order valence-electron chi connectivity index (χ2n) is 6.40. The molecule has 4 rings (SSSR count). The molecule has 0 atom stereocenters. The summed E-state index contributed by atoms with van der Waals surface area (Å²) < 4.78 is 1.48. The lowest BCUT2D eigenvalue weighted by Crippen LogP contribution is -2.15. The average Bonchev–Trinajstić information content (AvgIpc) is 3.22. The number of aromatic nitrogens is 4. The Balaban J connectivity index is 1.81. The first-order valence-electron chi connectivity index (χ1n) is 8.52. The zero-order chi connectivity index (χ0) is 19.0. The van der Waals surface area contributed by atoms with Crippen LogP contribution in [0.4, 0.5) is 0 Å². The lowest BCUT2D eigenvalue weighted by molar-refractivity contribution is 0.835. The highest BCUT2D eigenvalue weighted by molar-refractivity contribution is 5.90. The lowest BCUT2D eigenvalue weighted by atomic mass is 10.1. The van der Waals surface area contributed by atoms with Crippen molar-refractivity contribution in [3.8, 4) is 11.8 Å². The zero-order valence-corrected chi connectivity index (χ0v) is 14.9. The van der Waals surface area contributed by atoms with Crippen molar-refractivity contribution >= 4 is 22.7 Å². The van der Waals surface area contributed by atoms with Gasteiger partial charge in [-0.05, 0) is 44.2 Å². The molecule has 0 saturated carbocycles. The fourth-order valence-corrected chi connectivity index (χ4v) is 2.98. The zero-order valence-electron chi connectivity index (χ0n) is 14.9. The van der Waals surface area contributed by atoms with E-state index in [0.717, 1.165) is 22.3 Å². The minimum Gasteiger partial charge on any atom is -0.337 e. The molecule has 132 valence electrons. The van der Waals surface area contributed by atoms with Crippen molar-refractivity contribution in [2.24, 2.45) is 0 Å². The standard InChI is InChI=1S/C21H17N5O/c1-13-7-9-16(10-8-13)26-21(27)17(14(2)25-26)11-15(12-22)20-23-18-5-3-4-6-19(18)24-20/h3-11,25H,1-2H3,(H,23,24). The number of H-pyrrole nitrogens is 2. The molecule has 0 amide bonds. The number of hydrogen-bond donors (Lipinski definition) is 2. The summed E-state index contributed by atoms with van der Waals surface area (Å²) >= 11 is 0. The van der Waals surface area contributed by atoms with Gasteiger partial charge in [-0.3, -0.25) is 9.89 Å². The largest absolute Gasteiger partial charge is 0.337 e. The molecule has 2 aromatic heterocycles. The number of nitrogens with one attached hydrogen (secondary N) is 2. The molecule has 27 heavy (non-hydrogen) atoms. The molecule has 0 aliphatic rings. The summed E-state index contributed by atoms with van der Waals surface area (Å²) in [6.45, 7) is 3.80. The molecular formula is C21H17N5O. The molecule has 2 heterocycles. The number of nitriles is 1. The Morgan fingerprint density at radius 3 is 2.59 bits per heavy atom. The second-order valence-corrected chi connectivity index (χ2v) is 6.40. The van der Waals surface area contributed by atoms with Crippen molar-refractivity contribution in [2.45, 2.75) is 13.8 Å². The molecule has 0 bridgehead atoms. The van der Waals surface area contributed by atoms with E-state index in [1.807, 2.05) is 62.4 Å². The van der Waals surface area contributed by atoms with Crippen molar-refractivity contribution in [3.63, 3.8) is 0 Å². The quantitative estimate of drug-likeness (QED) is 0.549. The highest BCUT2D eigenvalue weighted by atomic mass is 16.1. The monoisotopic (exact) mass is 355 g/mol. The first-order valence-corrected chi connectivity index (χ1v) is 8.52. The number of fused-ring (bicyclic) bond motifs is 1. The van der Waals surface area contributed by atoms with E-state index in [0.29, 0.717) is 22.7 Å². The van der Waals surface area contributed by atoms with Crippen LogP contribution in [0.5, 0.6) is 0 Å². The smallest absolute Gasteiger partial charge is 0.278 e. The van der Waals surface area contributed by atoms with Crippen molar-refractivity contribution < 1.29 is 0 Å². The van der Waals surface area contributed by atoms with Gasteiger partial charge in [-0.1, -0.05) is 29.8 Å². The SMILES string of the molecule is Cc1ccc(-n2[nH]c(C)c(C=C(C#N)c3nc4ccccc4[nH]3)c2=O)cc1. The Bertz CT molecular complexity index is 1230. The van der Waals surface area contributed by atoms with E-state index in [2.05, 4.69) is 21.1 Å². The summed E-state index contributed by atoms with van der Waals surface area (Å²) in [6, 6.07) is 17.4. The van der Waals surface area contributed by atoms with E-state index >= 15 is 0 Å². The predicted octanol–water partition coefficient (Wildman–Crippen LogP) is 3.72. The highest BCUT2D eigenvalue weighted by Gasteiger charge is 2.14. The van der Waals surface area contributed by atoms with Gasteiger partial charge >= 0.3 is 0 Å². The maximum absolute atomic E-state index is 12.9. The van der Waals surface area contributed by atoms with Gasteiger partial charge in [-0.15, -0.1) is 0 Å². The van der Waals surface area contributed by atoms with Crippen LogP contribution in [0.1, 0.15) is 22.6 Å². The minimum atomic E-state index is -0.208. The maximum Gasteiger partial charge on any atom is 0.278 e. The van der Waals surface area contributed by atoms with Crippen LogP contribution in [0.3, 0.4) is 0 Å². The van der Waals surface area contributed by atoms with Crippen LogP contribution in [0, 0.1) is 25.2 Å². The summed E-state index contributed by atoms with van der Waals surface area (Å²) in [5.41, 5.74) is 4.70. The van der Waals surface area contributed by atoms with Crippen molar-refractivity contribution in [2.75, 3.05) is 0 Å². The molecule has 2 N–H and O–H groups in total. The first-order chi connectivity index (χ1) is 13.1. The fourth-order valence-electron chi connectivity index (χ4n) is 2.98. The minimum absolute atomic E-state index is 0.208. The number of para-hydroxylation sites is 2. The van der Waals surface area contributed by atoms with E-state index in [1.165, 1.54) is 4.68 Å². The molecule has 0 fully saturated rings. The fraction of sp³-hybridized carbons (Fsp3) is 0.0952. The van der Waals surface area contributed by atoms with Crippen LogP contribution in [0.15, 0.2) is 53.3 Å². The topological polar surface area (TPSA) is 90.3 Å². The second kappa shape index (κ2) is 6.46. The van der Waals surface area contributed by atoms with E-state index in [9.17, 15) is 10.1 Å². The summed E-state index contributed by atoms with van der Waals surface area (Å²) in [5, 5.41) is 12.7. The van der Waals surface area contributed by atoms with Gasteiger partial charge in [0.1, 0.15) is 11.9 Å². The number of allylic oxidation sites excluding steroid dienone is 1. The summed E-state index contributed by atoms with van der Waals surface area (Å²) in [7, 11) is 0. The third-order valence-electron chi connectivity index (χ3n) is 4.46. The Hall–Kier alpha value is -3.85. The Kier molecular flexibility index (Phi) is 3.98. The van der Waals surface area contributed by atoms with Crippen molar-refractivity contribution in [1.82, 2.24) is 19.7 Å². The number of imidazole rings is 1. The predicted molar refractivity (Wildman–Crippen MR) is 105 cm³/mol. The average molecular weight is 355 g/mol. The van der Waals surface area contributed by atoms with E-state index in [4.69, 9.17) is 0 Å². The number of benzene rings is 2.